The Morgan fingerprint density at radius 2 is 2.12 bits per heavy atom. The van der Waals surface area contributed by atoms with Gasteiger partial charge in [0, 0.05) is 5.56 Å². The molecular formula is C11H12F2N2O2. The Morgan fingerprint density at radius 1 is 1.47 bits per heavy atom. The summed E-state index contributed by atoms with van der Waals surface area (Å²) >= 11 is 0. The predicted molar refractivity (Wildman–Crippen MR) is 57.4 cm³/mol. The zero-order valence-corrected chi connectivity index (χ0v) is 9.19. The molecule has 6 heteroatoms. The van der Waals surface area contributed by atoms with Crippen molar-refractivity contribution in [2.24, 2.45) is 0 Å². The van der Waals surface area contributed by atoms with E-state index in [2.05, 4.69) is 5.43 Å². The molecule has 0 saturated heterocycles. The van der Waals surface area contributed by atoms with Gasteiger partial charge in [-0.25, -0.2) is 19.2 Å². The van der Waals surface area contributed by atoms with Crippen LogP contribution < -0.4 is 5.43 Å². The van der Waals surface area contributed by atoms with Crippen LogP contribution in [-0.2, 0) is 4.79 Å². The minimum atomic E-state index is -2.64. The van der Waals surface area contributed by atoms with Gasteiger partial charge >= 0.3 is 0 Å². The molecule has 0 atom stereocenters. The Balaban J connectivity index is 2.79. The van der Waals surface area contributed by atoms with E-state index in [9.17, 15) is 18.4 Å². The topological polar surface area (TPSA) is 49.4 Å². The highest BCUT2D eigenvalue weighted by molar-refractivity contribution is 6.00. The Kier molecular flexibility index (Phi) is 4.71. The summed E-state index contributed by atoms with van der Waals surface area (Å²) in [7, 11) is 0. The van der Waals surface area contributed by atoms with Crippen molar-refractivity contribution in [2.45, 2.75) is 13.3 Å². The van der Waals surface area contributed by atoms with Gasteiger partial charge in [0.25, 0.3) is 12.3 Å². The lowest BCUT2D eigenvalue weighted by Crippen LogP contribution is -2.44. The van der Waals surface area contributed by atoms with E-state index in [4.69, 9.17) is 0 Å². The van der Waals surface area contributed by atoms with E-state index in [-0.39, 0.29) is 6.41 Å². The molecule has 0 fully saturated rings. The molecule has 0 unspecified atom stereocenters. The maximum absolute atomic E-state index is 12.0. The molecule has 0 aliphatic carbocycles. The number of carbonyl (C=O) groups is 2. The highest BCUT2D eigenvalue weighted by Crippen LogP contribution is 2.08. The lowest BCUT2D eigenvalue weighted by molar-refractivity contribution is -0.118. The maximum Gasteiger partial charge on any atom is 0.275 e. The number of carbonyl (C=O) groups excluding carboxylic acids is 2. The first-order valence-corrected chi connectivity index (χ1v) is 4.92. The second-order valence-electron chi connectivity index (χ2n) is 3.35. The average Bonchev–Trinajstić information content (AvgIpc) is 2.29. The van der Waals surface area contributed by atoms with Crippen molar-refractivity contribution in [1.82, 2.24) is 10.4 Å². The van der Waals surface area contributed by atoms with Gasteiger partial charge in [0.2, 0.25) is 6.41 Å². The maximum atomic E-state index is 12.0. The third kappa shape index (κ3) is 3.60. The molecule has 0 radical (unpaired) electrons. The number of rotatable bonds is 5. The summed E-state index contributed by atoms with van der Waals surface area (Å²) in [5.41, 5.74) is 3.02. The lowest BCUT2D eigenvalue weighted by atomic mass is 10.1. The van der Waals surface area contributed by atoms with Gasteiger partial charge in [-0.05, 0) is 18.6 Å². The SMILES string of the molecule is Cc1ccccc1C(=O)N(C=O)NCC(F)F. The van der Waals surface area contributed by atoms with Crippen LogP contribution in [0.15, 0.2) is 24.3 Å². The van der Waals surface area contributed by atoms with Crippen molar-refractivity contribution in [3.05, 3.63) is 35.4 Å². The van der Waals surface area contributed by atoms with Crippen LogP contribution in [0.4, 0.5) is 8.78 Å². The largest absolute Gasteiger partial charge is 0.277 e. The summed E-state index contributed by atoms with van der Waals surface area (Å²) < 4.78 is 23.9. The first kappa shape index (κ1) is 13.2. The molecule has 0 spiro atoms. The number of hydrogen-bond donors (Lipinski definition) is 1. The van der Waals surface area contributed by atoms with Crippen LogP contribution in [-0.4, -0.2) is 30.3 Å². The molecule has 0 saturated carbocycles. The van der Waals surface area contributed by atoms with Gasteiger partial charge in [-0.3, -0.25) is 9.59 Å². The van der Waals surface area contributed by atoms with E-state index >= 15 is 0 Å². The van der Waals surface area contributed by atoms with Crippen molar-refractivity contribution < 1.29 is 18.4 Å². The number of nitrogens with zero attached hydrogens (tertiary/aromatic N) is 1. The molecule has 0 aliphatic rings. The molecule has 0 aliphatic heterocycles. The quantitative estimate of drug-likeness (QED) is 0.626. The number of imide groups is 1. The zero-order chi connectivity index (χ0) is 12.8. The van der Waals surface area contributed by atoms with Crippen LogP contribution in [0.25, 0.3) is 0 Å². The third-order valence-corrected chi connectivity index (χ3v) is 2.12. The van der Waals surface area contributed by atoms with Crippen LogP contribution in [0.5, 0.6) is 0 Å². The zero-order valence-electron chi connectivity index (χ0n) is 9.19. The van der Waals surface area contributed by atoms with Crippen molar-refractivity contribution >= 4 is 12.3 Å². The summed E-state index contributed by atoms with van der Waals surface area (Å²) in [6, 6.07) is 6.60. The minimum Gasteiger partial charge on any atom is -0.277 e. The van der Waals surface area contributed by atoms with E-state index in [1.807, 2.05) is 0 Å². The molecule has 4 nitrogen and oxygen atoms in total. The minimum absolute atomic E-state index is 0.178. The fraction of sp³-hybridized carbons (Fsp3) is 0.273. The van der Waals surface area contributed by atoms with Crippen molar-refractivity contribution in [2.75, 3.05) is 6.54 Å². The van der Waals surface area contributed by atoms with Crippen molar-refractivity contribution in [1.29, 1.82) is 0 Å². The Morgan fingerprint density at radius 3 is 2.65 bits per heavy atom. The van der Waals surface area contributed by atoms with E-state index in [0.29, 0.717) is 16.1 Å². The van der Waals surface area contributed by atoms with Crippen LogP contribution in [0.1, 0.15) is 15.9 Å². The fourth-order valence-electron chi connectivity index (χ4n) is 1.27. The molecule has 2 amide bonds. The number of benzene rings is 1. The van der Waals surface area contributed by atoms with Crippen LogP contribution in [0.3, 0.4) is 0 Å². The van der Waals surface area contributed by atoms with Gasteiger partial charge in [-0.15, -0.1) is 0 Å². The number of hydrogen-bond acceptors (Lipinski definition) is 3. The predicted octanol–water partition coefficient (Wildman–Crippen LogP) is 1.36. The summed E-state index contributed by atoms with van der Waals surface area (Å²) in [4.78, 5) is 22.4. The van der Waals surface area contributed by atoms with Crippen LogP contribution >= 0.6 is 0 Å². The van der Waals surface area contributed by atoms with Gasteiger partial charge in [-0.2, -0.15) is 0 Å². The number of amides is 2. The van der Waals surface area contributed by atoms with E-state index in [1.54, 1.807) is 25.1 Å². The second-order valence-corrected chi connectivity index (χ2v) is 3.35. The summed E-state index contributed by atoms with van der Waals surface area (Å²) in [5.74, 6) is -0.654. The number of aryl methyl sites for hydroxylation is 1. The molecule has 1 rings (SSSR count). The highest BCUT2D eigenvalue weighted by atomic mass is 19.3. The van der Waals surface area contributed by atoms with E-state index < -0.39 is 18.9 Å². The number of halogens is 2. The monoisotopic (exact) mass is 242 g/mol. The molecule has 0 heterocycles. The van der Waals surface area contributed by atoms with Gasteiger partial charge in [0.15, 0.2) is 0 Å². The summed E-state index contributed by atoms with van der Waals surface area (Å²) in [6.07, 6.45) is -2.46. The average molecular weight is 242 g/mol. The number of hydrazine groups is 1. The number of nitrogens with one attached hydrogen (secondary N) is 1. The van der Waals surface area contributed by atoms with Crippen LogP contribution in [0, 0.1) is 6.92 Å². The van der Waals surface area contributed by atoms with Gasteiger partial charge in [0.05, 0.1) is 6.54 Å². The molecule has 0 bridgehead atoms. The Hall–Kier alpha value is -1.82. The molecule has 1 aromatic carbocycles. The molecule has 17 heavy (non-hydrogen) atoms. The Bertz CT molecular complexity index is 410. The van der Waals surface area contributed by atoms with Gasteiger partial charge in [-0.1, -0.05) is 18.2 Å². The molecule has 92 valence electrons. The molecule has 1 N–H and O–H groups in total. The molecular weight excluding hydrogens is 230 g/mol. The third-order valence-electron chi connectivity index (χ3n) is 2.12. The first-order valence-electron chi connectivity index (χ1n) is 4.92. The summed E-state index contributed by atoms with van der Waals surface area (Å²) in [6.45, 7) is 0.944. The smallest absolute Gasteiger partial charge is 0.275 e. The van der Waals surface area contributed by atoms with Crippen molar-refractivity contribution in [3.63, 3.8) is 0 Å². The number of alkyl halides is 2. The van der Waals surface area contributed by atoms with Crippen LogP contribution in [0.2, 0.25) is 0 Å². The molecule has 1 aromatic rings. The normalized spacial score (nSPS) is 10.4. The molecule has 0 aromatic heterocycles. The van der Waals surface area contributed by atoms with E-state index in [0.717, 1.165) is 0 Å². The van der Waals surface area contributed by atoms with Crippen molar-refractivity contribution in [3.8, 4) is 0 Å². The second kappa shape index (κ2) is 6.05. The summed E-state index contributed by atoms with van der Waals surface area (Å²) in [5, 5.41) is 0.522. The van der Waals surface area contributed by atoms with Gasteiger partial charge in [0.1, 0.15) is 0 Å². The standard InChI is InChI=1S/C11H12F2N2O2/c1-8-4-2-3-5-9(8)11(17)15(7-16)14-6-10(12)13/h2-5,7,10,14H,6H2,1H3. The van der Waals surface area contributed by atoms with E-state index in [1.165, 1.54) is 6.07 Å². The van der Waals surface area contributed by atoms with Gasteiger partial charge < -0.3 is 0 Å². The Labute approximate surface area is 97.2 Å². The highest BCUT2D eigenvalue weighted by Gasteiger charge is 2.17. The fourth-order valence-corrected chi connectivity index (χ4v) is 1.27. The first-order chi connectivity index (χ1) is 8.06. The lowest BCUT2D eigenvalue weighted by Gasteiger charge is -2.17.